The zero-order valence-electron chi connectivity index (χ0n) is 9.26. The minimum atomic E-state index is -0.258. The molecular weight excluding hydrogens is 271 g/mol. The molecule has 0 aromatic heterocycles. The number of halogens is 2. The summed E-state index contributed by atoms with van der Waals surface area (Å²) in [5, 5.41) is 0. The first-order valence-corrected chi connectivity index (χ1v) is 5.89. The van der Waals surface area contributed by atoms with E-state index in [1.165, 1.54) is 12.1 Å². The van der Waals surface area contributed by atoms with E-state index in [-0.39, 0.29) is 11.9 Å². The summed E-state index contributed by atoms with van der Waals surface area (Å²) in [4.78, 5) is 0. The van der Waals surface area contributed by atoms with E-state index in [1.54, 1.807) is 6.07 Å². The van der Waals surface area contributed by atoms with Crippen LogP contribution >= 0.6 is 15.9 Å². The average Bonchev–Trinajstić information content (AvgIpc) is 2.21. The molecule has 1 rings (SSSR count). The number of benzene rings is 1. The van der Waals surface area contributed by atoms with Gasteiger partial charge in [-0.25, -0.2) is 4.39 Å². The smallest absolute Gasteiger partial charge is 0.124 e. The van der Waals surface area contributed by atoms with Gasteiger partial charge in [-0.3, -0.25) is 11.3 Å². The molecule has 1 unspecified atom stereocenters. The maximum Gasteiger partial charge on any atom is 0.124 e. The van der Waals surface area contributed by atoms with Gasteiger partial charge in [0, 0.05) is 10.5 Å². The Bertz CT molecular complexity index is 379. The fourth-order valence-corrected chi connectivity index (χ4v) is 2.13. The summed E-state index contributed by atoms with van der Waals surface area (Å²) in [6, 6.07) is 4.63. The second-order valence-corrected chi connectivity index (χ2v) is 4.74. The maximum absolute atomic E-state index is 12.9. The number of hydrogen-bond acceptors (Lipinski definition) is 2. The van der Waals surface area contributed by atoms with Crippen molar-refractivity contribution in [3.05, 3.63) is 46.2 Å². The van der Waals surface area contributed by atoms with Crippen LogP contribution in [0.15, 0.2) is 34.8 Å². The predicted octanol–water partition coefficient (Wildman–Crippen LogP) is 3.45. The van der Waals surface area contributed by atoms with Crippen LogP contribution in [0.25, 0.3) is 0 Å². The van der Waals surface area contributed by atoms with Crippen LogP contribution in [0.4, 0.5) is 4.39 Å². The van der Waals surface area contributed by atoms with E-state index in [0.717, 1.165) is 28.5 Å². The van der Waals surface area contributed by atoms with Gasteiger partial charge in [-0.1, -0.05) is 27.6 Å². The minimum Gasteiger partial charge on any atom is -0.271 e. The van der Waals surface area contributed by atoms with Gasteiger partial charge in [-0.2, -0.15) is 0 Å². The maximum atomic E-state index is 12.9. The molecule has 0 amide bonds. The monoisotopic (exact) mass is 286 g/mol. The molecule has 3 N–H and O–H groups in total. The Morgan fingerprint density at radius 2 is 2.31 bits per heavy atom. The van der Waals surface area contributed by atoms with Crippen molar-refractivity contribution in [1.82, 2.24) is 5.43 Å². The van der Waals surface area contributed by atoms with Crippen molar-refractivity contribution < 1.29 is 4.39 Å². The third-order valence-corrected chi connectivity index (χ3v) is 3.09. The van der Waals surface area contributed by atoms with Crippen LogP contribution in [0.1, 0.15) is 31.4 Å². The van der Waals surface area contributed by atoms with Gasteiger partial charge in [-0.15, -0.1) is 6.58 Å². The van der Waals surface area contributed by atoms with Crippen LogP contribution in [-0.2, 0) is 0 Å². The van der Waals surface area contributed by atoms with E-state index in [1.807, 2.05) is 6.92 Å². The third-order valence-electron chi connectivity index (χ3n) is 2.40. The Labute approximate surface area is 104 Å². The van der Waals surface area contributed by atoms with E-state index in [0.29, 0.717) is 0 Å². The van der Waals surface area contributed by atoms with Crippen molar-refractivity contribution in [3.8, 4) is 0 Å². The standard InChI is InChI=1S/C12H16BrFN2/c1-8(2)3-6-12(16-15)10-5-4-9(14)7-11(10)13/h4-5,7,12,16H,1,3,6,15H2,2H3. The first-order valence-electron chi connectivity index (χ1n) is 5.10. The highest BCUT2D eigenvalue weighted by Crippen LogP contribution is 2.27. The molecule has 1 aromatic carbocycles. The summed E-state index contributed by atoms with van der Waals surface area (Å²) >= 11 is 3.34. The molecule has 0 saturated heterocycles. The molecule has 0 radical (unpaired) electrons. The van der Waals surface area contributed by atoms with E-state index >= 15 is 0 Å². The second-order valence-electron chi connectivity index (χ2n) is 3.88. The Hall–Kier alpha value is -0.710. The van der Waals surface area contributed by atoms with Gasteiger partial charge >= 0.3 is 0 Å². The molecule has 0 fully saturated rings. The Morgan fingerprint density at radius 1 is 1.62 bits per heavy atom. The van der Waals surface area contributed by atoms with Gasteiger partial charge in [0.1, 0.15) is 5.82 Å². The van der Waals surface area contributed by atoms with Crippen molar-refractivity contribution in [2.45, 2.75) is 25.8 Å². The zero-order valence-corrected chi connectivity index (χ0v) is 10.8. The molecular formula is C12H16BrFN2. The first kappa shape index (κ1) is 13.4. The van der Waals surface area contributed by atoms with E-state index < -0.39 is 0 Å². The van der Waals surface area contributed by atoms with Gasteiger partial charge in [0.2, 0.25) is 0 Å². The zero-order chi connectivity index (χ0) is 12.1. The minimum absolute atomic E-state index is 0.00618. The Morgan fingerprint density at radius 3 is 2.81 bits per heavy atom. The first-order chi connectivity index (χ1) is 7.54. The fraction of sp³-hybridized carbons (Fsp3) is 0.333. The highest BCUT2D eigenvalue weighted by Gasteiger charge is 2.13. The second kappa shape index (κ2) is 6.13. The lowest BCUT2D eigenvalue weighted by Crippen LogP contribution is -2.28. The van der Waals surface area contributed by atoms with Crippen LogP contribution in [0, 0.1) is 5.82 Å². The predicted molar refractivity (Wildman–Crippen MR) is 68.2 cm³/mol. The van der Waals surface area contributed by atoms with Gasteiger partial charge in [0.25, 0.3) is 0 Å². The molecule has 1 atom stereocenters. The van der Waals surface area contributed by atoms with Crippen LogP contribution in [0.3, 0.4) is 0 Å². The van der Waals surface area contributed by atoms with E-state index in [4.69, 9.17) is 5.84 Å². The van der Waals surface area contributed by atoms with Gasteiger partial charge < -0.3 is 0 Å². The molecule has 0 aliphatic rings. The van der Waals surface area contributed by atoms with Crippen molar-refractivity contribution in [2.24, 2.45) is 5.84 Å². The number of rotatable bonds is 5. The molecule has 1 aromatic rings. The summed E-state index contributed by atoms with van der Waals surface area (Å²) in [6.07, 6.45) is 1.73. The molecule has 0 aliphatic heterocycles. The Kier molecular flexibility index (Phi) is 5.12. The average molecular weight is 287 g/mol. The summed E-state index contributed by atoms with van der Waals surface area (Å²) in [7, 11) is 0. The van der Waals surface area contributed by atoms with Crippen LogP contribution in [0.5, 0.6) is 0 Å². The number of nitrogens with one attached hydrogen (secondary N) is 1. The summed E-state index contributed by atoms with van der Waals surface area (Å²) < 4.78 is 13.7. The molecule has 4 heteroatoms. The van der Waals surface area contributed by atoms with Crippen LogP contribution in [-0.4, -0.2) is 0 Å². The normalized spacial score (nSPS) is 12.5. The van der Waals surface area contributed by atoms with E-state index in [2.05, 4.69) is 27.9 Å². The number of nitrogens with two attached hydrogens (primary N) is 1. The van der Waals surface area contributed by atoms with Gasteiger partial charge in [0.15, 0.2) is 0 Å². The fourth-order valence-electron chi connectivity index (χ4n) is 1.50. The quantitative estimate of drug-likeness (QED) is 0.494. The molecule has 0 aliphatic carbocycles. The van der Waals surface area contributed by atoms with Crippen molar-refractivity contribution >= 4 is 15.9 Å². The molecule has 0 bridgehead atoms. The van der Waals surface area contributed by atoms with Crippen LogP contribution in [0.2, 0.25) is 0 Å². The van der Waals surface area contributed by atoms with Crippen LogP contribution < -0.4 is 11.3 Å². The lowest BCUT2D eigenvalue weighted by molar-refractivity contribution is 0.512. The lowest BCUT2D eigenvalue weighted by atomic mass is 10.0. The number of hydrazine groups is 1. The molecule has 0 spiro atoms. The van der Waals surface area contributed by atoms with Gasteiger partial charge in [-0.05, 0) is 37.5 Å². The third kappa shape index (κ3) is 3.70. The molecule has 88 valence electrons. The molecule has 0 heterocycles. The van der Waals surface area contributed by atoms with E-state index in [9.17, 15) is 4.39 Å². The highest BCUT2D eigenvalue weighted by molar-refractivity contribution is 9.10. The van der Waals surface area contributed by atoms with Crippen molar-refractivity contribution in [2.75, 3.05) is 0 Å². The summed E-state index contributed by atoms with van der Waals surface area (Å²) in [5.74, 6) is 5.25. The van der Waals surface area contributed by atoms with Gasteiger partial charge in [0.05, 0.1) is 0 Å². The number of hydrogen-bond donors (Lipinski definition) is 2. The van der Waals surface area contributed by atoms with Crippen molar-refractivity contribution in [3.63, 3.8) is 0 Å². The summed E-state index contributed by atoms with van der Waals surface area (Å²) in [5.41, 5.74) is 4.81. The molecule has 16 heavy (non-hydrogen) atoms. The highest BCUT2D eigenvalue weighted by atomic mass is 79.9. The van der Waals surface area contributed by atoms with Crippen molar-refractivity contribution in [1.29, 1.82) is 0 Å². The Balaban J connectivity index is 2.82. The lowest BCUT2D eigenvalue weighted by Gasteiger charge is -2.17. The largest absolute Gasteiger partial charge is 0.271 e. The number of allylic oxidation sites excluding steroid dienone is 1. The molecule has 2 nitrogen and oxygen atoms in total. The SMILES string of the molecule is C=C(C)CCC(NN)c1ccc(F)cc1Br. The summed E-state index contributed by atoms with van der Waals surface area (Å²) in [6.45, 7) is 5.83. The topological polar surface area (TPSA) is 38.0 Å². The molecule has 0 saturated carbocycles.